The molecule has 1 aliphatic rings. The lowest BCUT2D eigenvalue weighted by Gasteiger charge is -2.11. The fraction of sp³-hybridized carbons (Fsp3) is 0.200. The molecule has 5 nitrogen and oxygen atoms in total. The summed E-state index contributed by atoms with van der Waals surface area (Å²) in [6, 6.07) is 26.9. The summed E-state index contributed by atoms with van der Waals surface area (Å²) >= 11 is 1.84. The van der Waals surface area contributed by atoms with Crippen LogP contribution in [-0.4, -0.2) is 22.8 Å². The van der Waals surface area contributed by atoms with Gasteiger partial charge in [0.15, 0.2) is 5.76 Å². The molecule has 36 heavy (non-hydrogen) atoms. The minimum atomic E-state index is -0.727. The number of hydrogen-bond acceptors (Lipinski definition) is 5. The van der Waals surface area contributed by atoms with E-state index in [1.54, 1.807) is 0 Å². The van der Waals surface area contributed by atoms with E-state index in [9.17, 15) is 9.90 Å². The monoisotopic (exact) mass is 494 g/mol. The molecule has 5 aromatic rings. The molecule has 3 aromatic carbocycles. The number of carboxylic acids is 1. The van der Waals surface area contributed by atoms with Gasteiger partial charge in [-0.25, -0.2) is 0 Å². The van der Waals surface area contributed by atoms with E-state index < -0.39 is 11.4 Å². The molecule has 1 fully saturated rings. The highest BCUT2D eigenvalue weighted by molar-refractivity contribution is 7.19. The molecule has 0 amide bonds. The van der Waals surface area contributed by atoms with Crippen molar-refractivity contribution in [1.29, 1.82) is 0 Å². The van der Waals surface area contributed by atoms with E-state index in [0.717, 1.165) is 52.4 Å². The van der Waals surface area contributed by atoms with Gasteiger partial charge in [-0.3, -0.25) is 4.79 Å². The van der Waals surface area contributed by atoms with Gasteiger partial charge in [-0.1, -0.05) is 71.9 Å². The van der Waals surface area contributed by atoms with Crippen molar-refractivity contribution < 1.29 is 14.4 Å². The van der Waals surface area contributed by atoms with Crippen LogP contribution in [-0.2, 0) is 16.6 Å². The molecule has 2 aromatic heterocycles. The minimum absolute atomic E-state index is 0.674. The third-order valence-corrected chi connectivity index (χ3v) is 8.27. The van der Waals surface area contributed by atoms with E-state index in [2.05, 4.69) is 52.9 Å². The van der Waals surface area contributed by atoms with Gasteiger partial charge in [0.25, 0.3) is 0 Å². The molecular weight excluding hydrogens is 468 g/mol. The van der Waals surface area contributed by atoms with Crippen LogP contribution in [0.15, 0.2) is 83.4 Å². The van der Waals surface area contributed by atoms with Crippen LogP contribution in [0.2, 0.25) is 0 Å². The Balaban J connectivity index is 1.16. The lowest BCUT2D eigenvalue weighted by atomic mass is 9.93. The normalized spacial score (nSPS) is 14.1. The van der Waals surface area contributed by atoms with Gasteiger partial charge < -0.3 is 14.9 Å². The van der Waals surface area contributed by atoms with Crippen LogP contribution in [0.4, 0.5) is 5.69 Å². The average molecular weight is 495 g/mol. The molecular formula is C30H26N2O3S. The molecule has 0 aliphatic heterocycles. The van der Waals surface area contributed by atoms with E-state index >= 15 is 0 Å². The largest absolute Gasteiger partial charge is 0.481 e. The molecule has 0 unspecified atom stereocenters. The van der Waals surface area contributed by atoms with E-state index in [1.807, 2.05) is 54.7 Å². The Morgan fingerprint density at radius 1 is 1.00 bits per heavy atom. The maximum atomic E-state index is 11.6. The second-order valence-corrected chi connectivity index (χ2v) is 10.6. The Morgan fingerprint density at radius 2 is 1.67 bits per heavy atom. The summed E-state index contributed by atoms with van der Waals surface area (Å²) < 4.78 is 7.01. The molecule has 6 heteroatoms. The highest BCUT2D eigenvalue weighted by Gasteiger charge is 2.51. The minimum Gasteiger partial charge on any atom is -0.481 e. The van der Waals surface area contributed by atoms with Gasteiger partial charge in [-0.15, -0.1) is 11.3 Å². The number of hydrogen-bond donors (Lipinski definition) is 2. The van der Waals surface area contributed by atoms with Gasteiger partial charge in [0, 0.05) is 21.7 Å². The second kappa shape index (κ2) is 8.95. The van der Waals surface area contributed by atoms with E-state index in [1.165, 1.54) is 15.0 Å². The molecule has 0 radical (unpaired) electrons. The Bertz CT molecular complexity index is 1510. The number of nitrogens with zero attached hydrogens (tertiary/aromatic N) is 1. The van der Waals surface area contributed by atoms with Crippen LogP contribution in [0.25, 0.3) is 32.5 Å². The van der Waals surface area contributed by atoms with E-state index in [0.29, 0.717) is 12.8 Å². The number of aromatic nitrogens is 1. The van der Waals surface area contributed by atoms with Crippen LogP contribution >= 0.6 is 11.3 Å². The van der Waals surface area contributed by atoms with Crippen LogP contribution in [0.5, 0.6) is 0 Å². The molecule has 6 rings (SSSR count). The number of aryl methyl sites for hydroxylation is 1. The number of rotatable bonds is 8. The molecule has 2 heterocycles. The number of fused-ring (bicyclic) bond motifs is 1. The average Bonchev–Trinajstić information content (AvgIpc) is 3.50. The van der Waals surface area contributed by atoms with Crippen molar-refractivity contribution >= 4 is 33.1 Å². The standard InChI is InChI=1S/C30H26N2O3S/c1-19-27(31-17-14-25-18-23-4-2-3-5-26(23)36-25)28(35-32-19)22-8-6-20(7-9-22)21-10-12-24(13-11-21)30(15-16-30)29(33)34/h2-13,18,31H,14-17H2,1H3,(H,33,34). The Labute approximate surface area is 213 Å². The zero-order valence-electron chi connectivity index (χ0n) is 20.0. The Morgan fingerprint density at radius 3 is 2.33 bits per heavy atom. The van der Waals surface area contributed by atoms with Gasteiger partial charge in [-0.2, -0.15) is 0 Å². The first-order valence-corrected chi connectivity index (χ1v) is 13.0. The Hall–Kier alpha value is -3.90. The molecule has 1 saturated carbocycles. The van der Waals surface area contributed by atoms with Gasteiger partial charge in [0.2, 0.25) is 0 Å². The van der Waals surface area contributed by atoms with Crippen molar-refractivity contribution in [3.05, 3.63) is 95.0 Å². The van der Waals surface area contributed by atoms with Gasteiger partial charge in [0.05, 0.1) is 5.41 Å². The third-order valence-electron chi connectivity index (χ3n) is 7.09. The number of nitrogens with one attached hydrogen (secondary N) is 1. The van der Waals surface area contributed by atoms with E-state index in [4.69, 9.17) is 4.52 Å². The fourth-order valence-corrected chi connectivity index (χ4v) is 5.86. The molecule has 0 bridgehead atoms. The van der Waals surface area contributed by atoms with Gasteiger partial charge in [-0.05, 0) is 60.4 Å². The van der Waals surface area contributed by atoms with Crippen molar-refractivity contribution in [2.45, 2.75) is 31.6 Å². The predicted octanol–water partition coefficient (Wildman–Crippen LogP) is 7.30. The summed E-state index contributed by atoms with van der Waals surface area (Å²) in [4.78, 5) is 12.9. The summed E-state index contributed by atoms with van der Waals surface area (Å²) in [6.07, 6.45) is 2.36. The Kier molecular flexibility index (Phi) is 5.61. The molecule has 0 atom stereocenters. The molecule has 0 saturated heterocycles. The fourth-order valence-electron chi connectivity index (χ4n) is 4.79. The van der Waals surface area contributed by atoms with Crippen LogP contribution < -0.4 is 5.32 Å². The smallest absolute Gasteiger partial charge is 0.314 e. The number of anilines is 1. The first kappa shape index (κ1) is 22.6. The quantitative estimate of drug-likeness (QED) is 0.237. The topological polar surface area (TPSA) is 75.4 Å². The highest BCUT2D eigenvalue weighted by Crippen LogP contribution is 2.48. The first-order chi connectivity index (χ1) is 17.5. The lowest BCUT2D eigenvalue weighted by Crippen LogP contribution is -2.19. The van der Waals surface area contributed by atoms with Gasteiger partial charge in [0.1, 0.15) is 11.4 Å². The van der Waals surface area contributed by atoms with Crippen molar-refractivity contribution in [2.24, 2.45) is 0 Å². The van der Waals surface area contributed by atoms with Gasteiger partial charge >= 0.3 is 5.97 Å². The van der Waals surface area contributed by atoms with Crippen LogP contribution in [0.1, 0.15) is 29.0 Å². The van der Waals surface area contributed by atoms with E-state index in [-0.39, 0.29) is 0 Å². The summed E-state index contributed by atoms with van der Waals surface area (Å²) in [5.41, 5.74) is 5.07. The second-order valence-electron chi connectivity index (χ2n) is 9.44. The molecule has 1 aliphatic carbocycles. The first-order valence-electron chi connectivity index (χ1n) is 12.2. The molecule has 2 N–H and O–H groups in total. The van der Waals surface area contributed by atoms with Crippen molar-refractivity contribution in [3.8, 4) is 22.5 Å². The third kappa shape index (κ3) is 4.07. The predicted molar refractivity (Wildman–Crippen MR) is 145 cm³/mol. The lowest BCUT2D eigenvalue weighted by molar-refractivity contribution is -0.140. The highest BCUT2D eigenvalue weighted by atomic mass is 32.1. The van der Waals surface area contributed by atoms with Crippen LogP contribution in [0, 0.1) is 6.92 Å². The van der Waals surface area contributed by atoms with Crippen LogP contribution in [0.3, 0.4) is 0 Å². The van der Waals surface area contributed by atoms with Crippen molar-refractivity contribution in [2.75, 3.05) is 11.9 Å². The number of aliphatic carboxylic acids is 1. The number of thiophene rings is 1. The number of carbonyl (C=O) groups is 1. The molecule has 180 valence electrons. The zero-order valence-corrected chi connectivity index (χ0v) is 20.8. The van der Waals surface area contributed by atoms with Crippen molar-refractivity contribution in [1.82, 2.24) is 5.16 Å². The maximum Gasteiger partial charge on any atom is 0.314 e. The van der Waals surface area contributed by atoms with Crippen molar-refractivity contribution in [3.63, 3.8) is 0 Å². The maximum absolute atomic E-state index is 11.6. The summed E-state index contributed by atoms with van der Waals surface area (Å²) in [7, 11) is 0. The SMILES string of the molecule is Cc1noc(-c2ccc(-c3ccc(C4(C(=O)O)CC4)cc3)cc2)c1NCCc1cc2ccccc2s1. The summed E-state index contributed by atoms with van der Waals surface area (Å²) in [5, 5.41) is 18.6. The summed E-state index contributed by atoms with van der Waals surface area (Å²) in [6.45, 7) is 2.75. The number of benzene rings is 3. The zero-order chi connectivity index (χ0) is 24.7. The summed E-state index contributed by atoms with van der Waals surface area (Å²) in [5.74, 6) is 0.0121. The molecule has 0 spiro atoms. The number of carboxylic acid groups (broad SMARTS) is 1.